The second kappa shape index (κ2) is 10.1. The highest BCUT2D eigenvalue weighted by molar-refractivity contribution is 8.01. The summed E-state index contributed by atoms with van der Waals surface area (Å²) in [6.45, 7) is 1.77. The third-order valence-electron chi connectivity index (χ3n) is 4.64. The number of amides is 2. The van der Waals surface area contributed by atoms with Crippen molar-refractivity contribution >= 4 is 86.6 Å². The van der Waals surface area contributed by atoms with Gasteiger partial charge in [0.25, 0.3) is 11.8 Å². The molecule has 0 aromatic carbocycles. The maximum absolute atomic E-state index is 12.9. The number of thioether (sulfide) groups is 2. The first-order chi connectivity index (χ1) is 16.2. The largest absolute Gasteiger partial charge is 0.477 e. The van der Waals surface area contributed by atoms with Gasteiger partial charge in [-0.2, -0.15) is 4.37 Å². The predicted molar refractivity (Wildman–Crippen MR) is 130 cm³/mol. The van der Waals surface area contributed by atoms with E-state index in [1.807, 2.05) is 0 Å². The minimum absolute atomic E-state index is 0.0285. The molecule has 12 nitrogen and oxygen atoms in total. The van der Waals surface area contributed by atoms with Crippen LogP contribution in [0.4, 0.5) is 5.13 Å². The lowest BCUT2D eigenvalue weighted by Gasteiger charge is -2.49. The Morgan fingerprint density at radius 2 is 2.21 bits per heavy atom. The van der Waals surface area contributed by atoms with Crippen LogP contribution >= 0.6 is 58.0 Å². The van der Waals surface area contributed by atoms with Gasteiger partial charge in [-0.15, -0.1) is 11.8 Å². The maximum atomic E-state index is 12.9. The summed E-state index contributed by atoms with van der Waals surface area (Å²) in [5.41, 5.74) is 5.95. The van der Waals surface area contributed by atoms with E-state index in [1.165, 1.54) is 47.1 Å². The van der Waals surface area contributed by atoms with Gasteiger partial charge in [0.15, 0.2) is 15.2 Å². The van der Waals surface area contributed by atoms with E-state index >= 15 is 0 Å². The molecule has 17 heteroatoms. The predicted octanol–water partition coefficient (Wildman–Crippen LogP) is 1.42. The number of carbonyl (C=O) groups excluding carboxylic acids is 2. The molecule has 0 saturated carbocycles. The van der Waals surface area contributed by atoms with Crippen molar-refractivity contribution in [3.8, 4) is 0 Å². The lowest BCUT2D eigenvalue weighted by Crippen LogP contribution is -2.71. The Kier molecular flexibility index (Phi) is 7.32. The minimum Gasteiger partial charge on any atom is -0.477 e. The van der Waals surface area contributed by atoms with Crippen LogP contribution in [0.25, 0.3) is 0 Å². The summed E-state index contributed by atoms with van der Waals surface area (Å²) < 4.78 is 4.96. The van der Waals surface area contributed by atoms with Crippen LogP contribution in [-0.4, -0.2) is 77.9 Å². The summed E-state index contributed by atoms with van der Waals surface area (Å²) in [5.74, 6) is -1.13. The molecule has 2 aromatic rings. The van der Waals surface area contributed by atoms with Crippen LogP contribution in [0.15, 0.2) is 20.8 Å². The molecule has 4 rings (SSSR count). The number of aromatic nitrogens is 3. The van der Waals surface area contributed by atoms with Gasteiger partial charge >= 0.3 is 5.97 Å². The molecule has 0 bridgehead atoms. The molecule has 0 spiro atoms. The number of fused-ring (bicyclic) bond motifs is 1. The summed E-state index contributed by atoms with van der Waals surface area (Å²) in [6, 6.07) is -0.955. The van der Waals surface area contributed by atoms with Crippen molar-refractivity contribution < 1.29 is 24.3 Å². The highest BCUT2D eigenvalue weighted by Crippen LogP contribution is 2.41. The molecule has 0 aliphatic carbocycles. The highest BCUT2D eigenvalue weighted by atomic mass is 35.5. The molecule has 0 radical (unpaired) electrons. The number of aryl methyl sites for hydroxylation is 1. The molecule has 180 valence electrons. The molecule has 2 aromatic heterocycles. The number of thiazole rings is 1. The van der Waals surface area contributed by atoms with Crippen LogP contribution in [0.3, 0.4) is 0 Å². The number of anilines is 1. The molecule has 2 amide bonds. The molecule has 2 aliphatic rings. The number of halogens is 1. The number of nitrogens with zero attached hydrogens (tertiary/aromatic N) is 5. The zero-order valence-corrected chi connectivity index (χ0v) is 21.5. The van der Waals surface area contributed by atoms with Crippen LogP contribution in [0.1, 0.15) is 11.5 Å². The van der Waals surface area contributed by atoms with Gasteiger partial charge in [0.05, 0.1) is 0 Å². The second-order valence-corrected chi connectivity index (χ2v) is 11.5. The average molecular weight is 562 g/mol. The van der Waals surface area contributed by atoms with Crippen LogP contribution < -0.4 is 11.1 Å². The molecule has 4 N–H and O–H groups in total. The van der Waals surface area contributed by atoms with Gasteiger partial charge in [-0.3, -0.25) is 14.5 Å². The number of nitrogens with two attached hydrogens (primary N) is 1. The second-order valence-electron chi connectivity index (χ2n) is 6.81. The van der Waals surface area contributed by atoms with Crippen molar-refractivity contribution in [2.45, 2.75) is 22.7 Å². The van der Waals surface area contributed by atoms with Crippen molar-refractivity contribution in [2.75, 3.05) is 24.3 Å². The number of β-lactam (4-membered cyclic amide) rings is 1. The standard InChI is InChI=1S/C17H16ClN7O5S4/c1-5-20-17(34-24-5)32-4-6-3-31-14-9(13(27)25(14)10(6)15(28)29)21-12(26)8(23-30-2)7-11(18)33-16(19)22-7/h9,14H,3-4H2,1-2H3,(H2,19,22)(H,21,26)(H,28,29)/b23-8+/t9?,14-/m1/s1. The summed E-state index contributed by atoms with van der Waals surface area (Å²) in [6.07, 6.45) is 0. The summed E-state index contributed by atoms with van der Waals surface area (Å²) in [4.78, 5) is 52.0. The van der Waals surface area contributed by atoms with Gasteiger partial charge in [-0.05, 0) is 24.0 Å². The Labute approximate surface area is 214 Å². The van der Waals surface area contributed by atoms with Crippen molar-refractivity contribution in [1.82, 2.24) is 24.6 Å². The number of nitrogen functional groups attached to an aromatic ring is 1. The van der Waals surface area contributed by atoms with Crippen molar-refractivity contribution in [1.29, 1.82) is 0 Å². The molecule has 2 atom stereocenters. The number of carbonyl (C=O) groups is 3. The molecule has 1 saturated heterocycles. The van der Waals surface area contributed by atoms with E-state index in [1.54, 1.807) is 6.92 Å². The van der Waals surface area contributed by atoms with Crippen LogP contribution in [0, 0.1) is 6.92 Å². The third kappa shape index (κ3) is 4.72. The Bertz CT molecular complexity index is 1230. The lowest BCUT2D eigenvalue weighted by atomic mass is 10.0. The average Bonchev–Trinajstić information content (AvgIpc) is 3.36. The zero-order chi connectivity index (χ0) is 24.6. The summed E-state index contributed by atoms with van der Waals surface area (Å²) in [7, 11) is 1.25. The molecular formula is C17H16ClN7O5S4. The van der Waals surface area contributed by atoms with Gasteiger partial charge in [-0.1, -0.05) is 39.9 Å². The number of oxime groups is 1. The summed E-state index contributed by atoms with van der Waals surface area (Å²) in [5, 5.41) is 15.6. The van der Waals surface area contributed by atoms with Gasteiger partial charge in [0, 0.05) is 11.5 Å². The van der Waals surface area contributed by atoms with Crippen molar-refractivity contribution in [3.63, 3.8) is 0 Å². The van der Waals surface area contributed by atoms with E-state index in [0.29, 0.717) is 27.2 Å². The maximum Gasteiger partial charge on any atom is 0.352 e. The number of rotatable bonds is 8. The fraction of sp³-hybridized carbons (Fsp3) is 0.353. The Morgan fingerprint density at radius 3 is 2.79 bits per heavy atom. The Hall–Kier alpha value is -2.40. The van der Waals surface area contributed by atoms with E-state index in [2.05, 4.69) is 24.8 Å². The topological polar surface area (TPSA) is 173 Å². The number of carboxylic acid groups (broad SMARTS) is 1. The number of hydrogen-bond donors (Lipinski definition) is 3. The molecule has 34 heavy (non-hydrogen) atoms. The molecule has 1 unspecified atom stereocenters. The lowest BCUT2D eigenvalue weighted by molar-refractivity contribution is -0.150. The minimum atomic E-state index is -1.21. The van der Waals surface area contributed by atoms with E-state index in [9.17, 15) is 19.5 Å². The Balaban J connectivity index is 1.50. The fourth-order valence-electron chi connectivity index (χ4n) is 3.24. The van der Waals surface area contributed by atoms with E-state index in [0.717, 1.165) is 11.3 Å². The molecule has 4 heterocycles. The van der Waals surface area contributed by atoms with Gasteiger partial charge in [-0.25, -0.2) is 14.8 Å². The third-order valence-corrected chi connectivity index (χ3v) is 9.07. The van der Waals surface area contributed by atoms with Gasteiger partial charge in [0.1, 0.15) is 40.1 Å². The molecule has 2 aliphatic heterocycles. The van der Waals surface area contributed by atoms with E-state index in [-0.39, 0.29) is 26.6 Å². The van der Waals surface area contributed by atoms with Crippen LogP contribution in [-0.2, 0) is 19.2 Å². The van der Waals surface area contributed by atoms with E-state index < -0.39 is 29.2 Å². The normalized spacial score (nSPS) is 20.1. The van der Waals surface area contributed by atoms with Gasteiger partial charge < -0.3 is 21.0 Å². The zero-order valence-electron chi connectivity index (χ0n) is 17.5. The first-order valence-corrected chi connectivity index (χ1v) is 13.4. The summed E-state index contributed by atoms with van der Waals surface area (Å²) >= 11 is 11.0. The number of carboxylic acids is 1. The number of hydrogen-bond acceptors (Lipinski definition) is 13. The molecular weight excluding hydrogens is 546 g/mol. The first-order valence-electron chi connectivity index (χ1n) is 9.38. The number of aliphatic carboxylic acids is 1. The van der Waals surface area contributed by atoms with Crippen LogP contribution in [0.5, 0.6) is 0 Å². The fourth-order valence-corrected chi connectivity index (χ4v) is 7.30. The first kappa shape index (κ1) is 24.7. The monoisotopic (exact) mass is 561 g/mol. The quantitative estimate of drug-likeness (QED) is 0.184. The number of nitrogens with one attached hydrogen (secondary N) is 1. The van der Waals surface area contributed by atoms with Crippen LogP contribution in [0.2, 0.25) is 4.34 Å². The smallest absolute Gasteiger partial charge is 0.352 e. The Morgan fingerprint density at radius 1 is 1.44 bits per heavy atom. The SMILES string of the molecule is CO/N=C(/C(=O)NC1C(=O)N2C(C(=O)O)=C(CSc3nc(C)ns3)CS[C@H]12)c1nc(N)sc1Cl. The highest BCUT2D eigenvalue weighted by Gasteiger charge is 2.54. The van der Waals surface area contributed by atoms with E-state index in [4.69, 9.17) is 22.2 Å². The van der Waals surface area contributed by atoms with Gasteiger partial charge in [0.2, 0.25) is 0 Å². The van der Waals surface area contributed by atoms with Crippen molar-refractivity contribution in [2.24, 2.45) is 5.16 Å². The van der Waals surface area contributed by atoms with Crippen molar-refractivity contribution in [3.05, 3.63) is 27.1 Å². The molecule has 1 fully saturated rings.